The maximum atomic E-state index is 6.12. The number of hydrogen-bond donors (Lipinski definition) is 1. The zero-order chi connectivity index (χ0) is 14.8. The highest BCUT2D eigenvalue weighted by atomic mass is 16.5. The third-order valence-electron chi connectivity index (χ3n) is 3.21. The maximum Gasteiger partial charge on any atom is 0.231 e. The fourth-order valence-electron chi connectivity index (χ4n) is 1.77. The first-order valence-electron chi connectivity index (χ1n) is 6.61. The fourth-order valence-corrected chi connectivity index (χ4v) is 1.77. The summed E-state index contributed by atoms with van der Waals surface area (Å²) in [7, 11) is 1.65. The fraction of sp³-hybridized carbons (Fsp3) is 0.467. The van der Waals surface area contributed by atoms with Crippen molar-refractivity contribution in [2.24, 2.45) is 11.1 Å². The molecule has 0 spiro atoms. The van der Waals surface area contributed by atoms with E-state index in [-0.39, 0.29) is 11.5 Å². The predicted octanol–water partition coefficient (Wildman–Crippen LogP) is 2.71. The summed E-state index contributed by atoms with van der Waals surface area (Å²) < 4.78 is 10.4. The van der Waals surface area contributed by atoms with Gasteiger partial charge >= 0.3 is 0 Å². The third kappa shape index (κ3) is 3.36. The van der Waals surface area contributed by atoms with Gasteiger partial charge in [0.15, 0.2) is 5.82 Å². The number of benzene rings is 1. The quantitative estimate of drug-likeness (QED) is 0.928. The molecule has 20 heavy (non-hydrogen) atoms. The Kier molecular flexibility index (Phi) is 4.09. The standard InChI is InChI=1S/C15H21N3O2/c1-15(2,3)13(16)14-17-12(20-18-14)9-10-5-7-11(19-4)8-6-10/h5-8,13H,9,16H2,1-4H3. The molecule has 0 radical (unpaired) electrons. The average Bonchev–Trinajstić information content (AvgIpc) is 2.86. The van der Waals surface area contributed by atoms with Gasteiger partial charge in [0.2, 0.25) is 5.89 Å². The number of hydrogen-bond acceptors (Lipinski definition) is 5. The smallest absolute Gasteiger partial charge is 0.231 e. The van der Waals surface area contributed by atoms with Crippen LogP contribution in [0.1, 0.15) is 44.1 Å². The second kappa shape index (κ2) is 5.63. The highest BCUT2D eigenvalue weighted by Crippen LogP contribution is 2.28. The van der Waals surface area contributed by atoms with Crippen molar-refractivity contribution in [1.29, 1.82) is 0 Å². The van der Waals surface area contributed by atoms with Crippen LogP contribution in [0, 0.1) is 5.41 Å². The molecule has 1 atom stereocenters. The summed E-state index contributed by atoms with van der Waals surface area (Å²) >= 11 is 0. The topological polar surface area (TPSA) is 74.2 Å². The van der Waals surface area contributed by atoms with Gasteiger partial charge in [-0.1, -0.05) is 38.1 Å². The lowest BCUT2D eigenvalue weighted by atomic mass is 9.87. The molecule has 2 N–H and O–H groups in total. The zero-order valence-corrected chi connectivity index (χ0v) is 12.4. The summed E-state index contributed by atoms with van der Waals surface area (Å²) in [5.74, 6) is 1.96. The molecule has 2 aromatic rings. The molecule has 5 nitrogen and oxygen atoms in total. The molecule has 1 aromatic carbocycles. The van der Waals surface area contributed by atoms with Gasteiger partial charge in [0.1, 0.15) is 5.75 Å². The van der Waals surface area contributed by atoms with E-state index in [2.05, 4.69) is 30.9 Å². The summed E-state index contributed by atoms with van der Waals surface area (Å²) in [6.45, 7) is 6.16. The van der Waals surface area contributed by atoms with Gasteiger partial charge in [-0.15, -0.1) is 0 Å². The average molecular weight is 275 g/mol. The van der Waals surface area contributed by atoms with Crippen molar-refractivity contribution in [3.63, 3.8) is 0 Å². The van der Waals surface area contributed by atoms with Crippen molar-refractivity contribution in [2.75, 3.05) is 7.11 Å². The van der Waals surface area contributed by atoms with Crippen LogP contribution in [-0.2, 0) is 6.42 Å². The van der Waals surface area contributed by atoms with Gasteiger partial charge in [-0.3, -0.25) is 0 Å². The Morgan fingerprint density at radius 2 is 1.90 bits per heavy atom. The van der Waals surface area contributed by atoms with Crippen molar-refractivity contribution >= 4 is 0 Å². The number of aromatic nitrogens is 2. The van der Waals surface area contributed by atoms with E-state index in [1.165, 1.54) is 0 Å². The van der Waals surface area contributed by atoms with Gasteiger partial charge < -0.3 is 15.0 Å². The molecule has 5 heteroatoms. The van der Waals surface area contributed by atoms with Crippen LogP contribution in [0.5, 0.6) is 5.75 Å². The van der Waals surface area contributed by atoms with Gasteiger partial charge in [0.25, 0.3) is 0 Å². The van der Waals surface area contributed by atoms with Crippen molar-refractivity contribution < 1.29 is 9.26 Å². The Labute approximate surface area is 119 Å². The van der Waals surface area contributed by atoms with E-state index >= 15 is 0 Å². The molecular weight excluding hydrogens is 254 g/mol. The van der Waals surface area contributed by atoms with Gasteiger partial charge in [-0.2, -0.15) is 4.98 Å². The van der Waals surface area contributed by atoms with Crippen molar-refractivity contribution in [3.05, 3.63) is 41.5 Å². The summed E-state index contributed by atoms with van der Waals surface area (Å²) in [5.41, 5.74) is 7.11. The van der Waals surface area contributed by atoms with E-state index in [4.69, 9.17) is 15.0 Å². The minimum Gasteiger partial charge on any atom is -0.497 e. The first-order chi connectivity index (χ1) is 9.40. The van der Waals surface area contributed by atoms with Crippen LogP contribution in [0.4, 0.5) is 0 Å². The lowest BCUT2D eigenvalue weighted by Crippen LogP contribution is -2.27. The van der Waals surface area contributed by atoms with Crippen LogP contribution >= 0.6 is 0 Å². The molecule has 0 aliphatic heterocycles. The molecule has 2 rings (SSSR count). The number of nitrogens with two attached hydrogens (primary N) is 1. The molecule has 1 unspecified atom stereocenters. The van der Waals surface area contributed by atoms with Crippen LogP contribution in [-0.4, -0.2) is 17.3 Å². The van der Waals surface area contributed by atoms with E-state index in [0.717, 1.165) is 11.3 Å². The zero-order valence-electron chi connectivity index (χ0n) is 12.4. The number of ether oxygens (including phenoxy) is 1. The summed E-state index contributed by atoms with van der Waals surface area (Å²) in [6, 6.07) is 7.54. The van der Waals surface area contributed by atoms with Crippen molar-refractivity contribution in [3.8, 4) is 5.75 Å². The second-order valence-electron chi connectivity index (χ2n) is 5.91. The van der Waals surface area contributed by atoms with Crippen LogP contribution in [0.3, 0.4) is 0 Å². The minimum absolute atomic E-state index is 0.0960. The number of nitrogens with zero attached hydrogens (tertiary/aromatic N) is 2. The van der Waals surface area contributed by atoms with Crippen LogP contribution in [0.15, 0.2) is 28.8 Å². The Morgan fingerprint density at radius 3 is 2.45 bits per heavy atom. The Hall–Kier alpha value is -1.88. The molecule has 0 aliphatic rings. The molecule has 0 saturated carbocycles. The molecular formula is C15H21N3O2. The van der Waals surface area contributed by atoms with E-state index in [1.807, 2.05) is 24.3 Å². The van der Waals surface area contributed by atoms with Crippen LogP contribution < -0.4 is 10.5 Å². The first kappa shape index (κ1) is 14.5. The molecule has 0 fully saturated rings. The van der Waals surface area contributed by atoms with Gasteiger partial charge in [0.05, 0.1) is 19.6 Å². The highest BCUT2D eigenvalue weighted by Gasteiger charge is 2.26. The van der Waals surface area contributed by atoms with Crippen molar-refractivity contribution in [1.82, 2.24) is 10.1 Å². The lowest BCUT2D eigenvalue weighted by Gasteiger charge is -2.23. The maximum absolute atomic E-state index is 6.12. The normalized spacial score (nSPS) is 13.2. The van der Waals surface area contributed by atoms with E-state index in [1.54, 1.807) is 7.11 Å². The predicted molar refractivity (Wildman–Crippen MR) is 76.5 cm³/mol. The van der Waals surface area contributed by atoms with E-state index < -0.39 is 0 Å². The molecule has 1 heterocycles. The minimum atomic E-state index is -0.240. The van der Waals surface area contributed by atoms with Crippen LogP contribution in [0.25, 0.3) is 0 Å². The monoisotopic (exact) mass is 275 g/mol. The lowest BCUT2D eigenvalue weighted by molar-refractivity contribution is 0.301. The Balaban J connectivity index is 2.09. The summed E-state index contributed by atoms with van der Waals surface area (Å²) in [6.07, 6.45) is 0.591. The van der Waals surface area contributed by atoms with E-state index in [0.29, 0.717) is 18.1 Å². The molecule has 0 aliphatic carbocycles. The Morgan fingerprint density at radius 1 is 1.25 bits per heavy atom. The largest absolute Gasteiger partial charge is 0.497 e. The molecule has 0 bridgehead atoms. The molecule has 0 amide bonds. The van der Waals surface area contributed by atoms with Crippen molar-refractivity contribution in [2.45, 2.75) is 33.2 Å². The van der Waals surface area contributed by atoms with Crippen LogP contribution in [0.2, 0.25) is 0 Å². The second-order valence-corrected chi connectivity index (χ2v) is 5.91. The highest BCUT2D eigenvalue weighted by molar-refractivity contribution is 5.28. The number of methoxy groups -OCH3 is 1. The van der Waals surface area contributed by atoms with Gasteiger partial charge in [-0.05, 0) is 23.1 Å². The SMILES string of the molecule is COc1ccc(Cc2nc(C(N)C(C)(C)C)no2)cc1. The first-order valence-corrected chi connectivity index (χ1v) is 6.61. The van der Waals surface area contributed by atoms with Gasteiger partial charge in [0, 0.05) is 0 Å². The molecule has 0 saturated heterocycles. The van der Waals surface area contributed by atoms with E-state index in [9.17, 15) is 0 Å². The third-order valence-corrected chi connectivity index (χ3v) is 3.21. The summed E-state index contributed by atoms with van der Waals surface area (Å²) in [4.78, 5) is 4.38. The Bertz CT molecular complexity index is 555. The summed E-state index contributed by atoms with van der Waals surface area (Å²) in [5, 5.41) is 3.98. The number of rotatable bonds is 4. The molecule has 1 aromatic heterocycles. The molecule has 108 valence electrons. The van der Waals surface area contributed by atoms with Gasteiger partial charge in [-0.25, -0.2) is 0 Å².